The van der Waals surface area contributed by atoms with Crippen LogP contribution in [-0.2, 0) is 17.6 Å². The summed E-state index contributed by atoms with van der Waals surface area (Å²) in [6.45, 7) is 0.135. The summed E-state index contributed by atoms with van der Waals surface area (Å²) in [5.41, 5.74) is 1.95. The third kappa shape index (κ3) is 5.29. The first-order chi connectivity index (χ1) is 14.7. The van der Waals surface area contributed by atoms with Crippen LogP contribution in [0.5, 0.6) is 17.2 Å². The van der Waals surface area contributed by atoms with E-state index in [0.29, 0.717) is 30.1 Å². The van der Waals surface area contributed by atoms with Crippen LogP contribution in [0.15, 0.2) is 72.8 Å². The maximum absolute atomic E-state index is 13.3. The van der Waals surface area contributed by atoms with Crippen LogP contribution in [0.2, 0.25) is 0 Å². The first-order valence-electron chi connectivity index (χ1n) is 9.76. The fourth-order valence-electron chi connectivity index (χ4n) is 3.37. The SMILES string of the molecule is O=C(COc1ccccc1)N[C@@H](Cc1ccc(F)cc1)Cc1ccc2c(c1)OCO2. The predicted octanol–water partition coefficient (Wildman–Crippen LogP) is 3.90. The molecule has 0 saturated carbocycles. The van der Waals surface area contributed by atoms with Gasteiger partial charge in [-0.1, -0.05) is 36.4 Å². The largest absolute Gasteiger partial charge is 0.484 e. The Morgan fingerprint density at radius 2 is 1.63 bits per heavy atom. The van der Waals surface area contributed by atoms with Crippen molar-refractivity contribution in [3.8, 4) is 17.2 Å². The average Bonchev–Trinajstić information content (AvgIpc) is 3.22. The molecule has 3 aromatic carbocycles. The summed E-state index contributed by atoms with van der Waals surface area (Å²) in [7, 11) is 0. The molecule has 1 aliphatic heterocycles. The van der Waals surface area contributed by atoms with Crippen molar-refractivity contribution in [2.24, 2.45) is 0 Å². The molecule has 1 aliphatic rings. The van der Waals surface area contributed by atoms with Crippen molar-refractivity contribution in [1.29, 1.82) is 0 Å². The van der Waals surface area contributed by atoms with E-state index in [1.807, 2.05) is 36.4 Å². The van der Waals surface area contributed by atoms with Gasteiger partial charge >= 0.3 is 0 Å². The third-order valence-electron chi connectivity index (χ3n) is 4.79. The molecule has 0 fully saturated rings. The molecule has 1 N–H and O–H groups in total. The van der Waals surface area contributed by atoms with Crippen LogP contribution >= 0.6 is 0 Å². The molecule has 6 heteroatoms. The number of amides is 1. The lowest BCUT2D eigenvalue weighted by molar-refractivity contribution is -0.123. The second-order valence-electron chi connectivity index (χ2n) is 7.09. The topological polar surface area (TPSA) is 56.8 Å². The Labute approximate surface area is 174 Å². The van der Waals surface area contributed by atoms with E-state index in [1.165, 1.54) is 12.1 Å². The first-order valence-corrected chi connectivity index (χ1v) is 9.76. The highest BCUT2D eigenvalue weighted by Gasteiger charge is 2.18. The molecule has 30 heavy (non-hydrogen) atoms. The van der Waals surface area contributed by atoms with E-state index in [1.54, 1.807) is 24.3 Å². The van der Waals surface area contributed by atoms with Crippen LogP contribution in [0.1, 0.15) is 11.1 Å². The number of para-hydroxylation sites is 1. The quantitative estimate of drug-likeness (QED) is 0.615. The zero-order valence-electron chi connectivity index (χ0n) is 16.3. The Morgan fingerprint density at radius 1 is 0.933 bits per heavy atom. The minimum absolute atomic E-state index is 0.0783. The summed E-state index contributed by atoms with van der Waals surface area (Å²) >= 11 is 0. The van der Waals surface area contributed by atoms with Crippen molar-refractivity contribution in [2.45, 2.75) is 18.9 Å². The lowest BCUT2D eigenvalue weighted by Gasteiger charge is -2.20. The van der Waals surface area contributed by atoms with Gasteiger partial charge in [-0.3, -0.25) is 4.79 Å². The van der Waals surface area contributed by atoms with Gasteiger partial charge in [0.2, 0.25) is 6.79 Å². The molecule has 1 atom stereocenters. The molecule has 3 aromatic rings. The number of carbonyl (C=O) groups is 1. The van der Waals surface area contributed by atoms with Crippen molar-refractivity contribution in [1.82, 2.24) is 5.32 Å². The van der Waals surface area contributed by atoms with Crippen LogP contribution in [0.3, 0.4) is 0 Å². The molecular weight excluding hydrogens is 385 g/mol. The molecule has 154 valence electrons. The Balaban J connectivity index is 1.43. The van der Waals surface area contributed by atoms with Gasteiger partial charge in [-0.25, -0.2) is 4.39 Å². The van der Waals surface area contributed by atoms with E-state index >= 15 is 0 Å². The molecule has 1 amide bonds. The standard InChI is InChI=1S/C24H22FNO4/c25-19-9-6-17(7-10-19)12-20(13-18-8-11-22-23(14-18)30-16-29-22)26-24(27)15-28-21-4-2-1-3-5-21/h1-11,14,20H,12-13,15-16H2,(H,26,27)/t20-/m0/s1. The fourth-order valence-corrected chi connectivity index (χ4v) is 3.37. The zero-order valence-corrected chi connectivity index (χ0v) is 16.3. The minimum Gasteiger partial charge on any atom is -0.484 e. The van der Waals surface area contributed by atoms with Crippen molar-refractivity contribution in [3.63, 3.8) is 0 Å². The Hall–Kier alpha value is -3.54. The number of hydrogen-bond donors (Lipinski definition) is 1. The normalized spacial score (nSPS) is 13.0. The highest BCUT2D eigenvalue weighted by molar-refractivity contribution is 5.78. The average molecular weight is 407 g/mol. The third-order valence-corrected chi connectivity index (χ3v) is 4.79. The van der Waals surface area contributed by atoms with Crippen molar-refractivity contribution < 1.29 is 23.4 Å². The van der Waals surface area contributed by atoms with E-state index in [0.717, 1.165) is 11.1 Å². The number of nitrogens with one attached hydrogen (secondary N) is 1. The number of benzene rings is 3. The lowest BCUT2D eigenvalue weighted by atomic mass is 9.98. The smallest absolute Gasteiger partial charge is 0.258 e. The van der Waals surface area contributed by atoms with Crippen molar-refractivity contribution in [3.05, 3.63) is 89.7 Å². The van der Waals surface area contributed by atoms with E-state index in [2.05, 4.69) is 5.32 Å². The van der Waals surface area contributed by atoms with Gasteiger partial charge in [0.05, 0.1) is 0 Å². The van der Waals surface area contributed by atoms with E-state index in [-0.39, 0.29) is 31.2 Å². The van der Waals surface area contributed by atoms with Crippen LogP contribution in [-0.4, -0.2) is 25.3 Å². The zero-order chi connectivity index (χ0) is 20.8. The second-order valence-corrected chi connectivity index (χ2v) is 7.09. The minimum atomic E-state index is -0.286. The predicted molar refractivity (Wildman–Crippen MR) is 110 cm³/mol. The summed E-state index contributed by atoms with van der Waals surface area (Å²) in [6.07, 6.45) is 1.15. The molecule has 0 spiro atoms. The van der Waals surface area contributed by atoms with Crippen LogP contribution in [0.25, 0.3) is 0 Å². The number of ether oxygens (including phenoxy) is 3. The highest BCUT2D eigenvalue weighted by atomic mass is 19.1. The van der Waals surface area contributed by atoms with Gasteiger partial charge < -0.3 is 19.5 Å². The summed E-state index contributed by atoms with van der Waals surface area (Å²) in [5, 5.41) is 3.04. The van der Waals surface area contributed by atoms with Crippen LogP contribution in [0.4, 0.5) is 4.39 Å². The van der Waals surface area contributed by atoms with Crippen LogP contribution < -0.4 is 19.5 Å². The van der Waals surface area contributed by atoms with Crippen molar-refractivity contribution >= 4 is 5.91 Å². The summed E-state index contributed by atoms with van der Waals surface area (Å²) in [6, 6.07) is 21.1. The monoisotopic (exact) mass is 407 g/mol. The van der Waals surface area contributed by atoms with Gasteiger partial charge in [-0.05, 0) is 60.4 Å². The van der Waals surface area contributed by atoms with Gasteiger partial charge in [0, 0.05) is 6.04 Å². The summed E-state index contributed by atoms with van der Waals surface area (Å²) < 4.78 is 29.6. The highest BCUT2D eigenvalue weighted by Crippen LogP contribution is 2.32. The van der Waals surface area contributed by atoms with Crippen molar-refractivity contribution in [2.75, 3.05) is 13.4 Å². The van der Waals surface area contributed by atoms with E-state index in [4.69, 9.17) is 14.2 Å². The van der Waals surface area contributed by atoms with Gasteiger partial charge in [-0.15, -0.1) is 0 Å². The number of hydrogen-bond acceptors (Lipinski definition) is 4. The molecule has 0 bridgehead atoms. The first kappa shape index (κ1) is 19.8. The Morgan fingerprint density at radius 3 is 2.43 bits per heavy atom. The molecule has 0 aliphatic carbocycles. The maximum atomic E-state index is 13.3. The number of rotatable bonds is 8. The van der Waals surface area contributed by atoms with Crippen LogP contribution in [0, 0.1) is 5.82 Å². The number of halogens is 1. The number of carbonyl (C=O) groups excluding carboxylic acids is 1. The van der Waals surface area contributed by atoms with Gasteiger partial charge in [0.15, 0.2) is 18.1 Å². The maximum Gasteiger partial charge on any atom is 0.258 e. The Kier molecular flexibility index (Phi) is 6.13. The van der Waals surface area contributed by atoms with Gasteiger partial charge in [-0.2, -0.15) is 0 Å². The second kappa shape index (κ2) is 9.31. The molecule has 0 aromatic heterocycles. The molecule has 5 nitrogen and oxygen atoms in total. The molecule has 1 heterocycles. The fraction of sp³-hybridized carbons (Fsp3) is 0.208. The van der Waals surface area contributed by atoms with E-state index in [9.17, 15) is 9.18 Å². The molecule has 0 saturated heterocycles. The molecular formula is C24H22FNO4. The summed E-state index contributed by atoms with van der Waals surface area (Å²) in [4.78, 5) is 12.5. The van der Waals surface area contributed by atoms with E-state index < -0.39 is 0 Å². The Bertz CT molecular complexity index is 992. The molecule has 4 rings (SSSR count). The summed E-state index contributed by atoms with van der Waals surface area (Å²) in [5.74, 6) is 1.55. The number of fused-ring (bicyclic) bond motifs is 1. The molecule has 0 radical (unpaired) electrons. The van der Waals surface area contributed by atoms with Gasteiger partial charge in [0.25, 0.3) is 5.91 Å². The van der Waals surface area contributed by atoms with Gasteiger partial charge in [0.1, 0.15) is 11.6 Å². The molecule has 0 unspecified atom stereocenters. The lowest BCUT2D eigenvalue weighted by Crippen LogP contribution is -2.40.